The summed E-state index contributed by atoms with van der Waals surface area (Å²) in [6, 6.07) is 7.75. The highest BCUT2D eigenvalue weighted by Crippen LogP contribution is 2.25. The lowest BCUT2D eigenvalue weighted by Gasteiger charge is -2.36. The van der Waals surface area contributed by atoms with Gasteiger partial charge in [0, 0.05) is 37.7 Å². The molecule has 2 N–H and O–H groups in total. The maximum Gasteiger partial charge on any atom is 0.185 e. The zero-order valence-corrected chi connectivity index (χ0v) is 10.8. The normalized spacial score (nSPS) is 20.9. The van der Waals surface area contributed by atoms with E-state index in [0.717, 1.165) is 29.6 Å². The third-order valence-electron chi connectivity index (χ3n) is 3.07. The maximum atomic E-state index is 8.30. The van der Waals surface area contributed by atoms with Crippen LogP contribution in [0.5, 0.6) is 0 Å². The lowest BCUT2D eigenvalue weighted by atomic mass is 10.2. The molecule has 1 atom stereocenters. The van der Waals surface area contributed by atoms with Crippen LogP contribution in [0.15, 0.2) is 35.8 Å². The summed E-state index contributed by atoms with van der Waals surface area (Å²) in [5.41, 5.74) is 7.69. The quantitative estimate of drug-likeness (QED) is 0.841. The molecule has 4 nitrogen and oxygen atoms in total. The van der Waals surface area contributed by atoms with Gasteiger partial charge in [-0.3, -0.25) is 0 Å². The Morgan fingerprint density at radius 1 is 1.22 bits per heavy atom. The molecule has 1 fully saturated rings. The van der Waals surface area contributed by atoms with Crippen molar-refractivity contribution in [3.63, 3.8) is 0 Å². The number of piperazine rings is 1. The molecule has 1 aliphatic rings. The van der Waals surface area contributed by atoms with Gasteiger partial charge in [-0.25, -0.2) is 4.98 Å². The summed E-state index contributed by atoms with van der Waals surface area (Å²) in [6.45, 7) is 2.00. The van der Waals surface area contributed by atoms with Crippen molar-refractivity contribution in [1.29, 1.82) is 0 Å². The van der Waals surface area contributed by atoms with Crippen molar-refractivity contribution in [1.82, 2.24) is 4.98 Å². The monoisotopic (exact) mass is 262 g/mol. The van der Waals surface area contributed by atoms with Crippen LogP contribution < -0.4 is 15.5 Å². The molecule has 0 radical (unpaired) electrons. The topological polar surface area (TPSA) is 45.4 Å². The van der Waals surface area contributed by atoms with E-state index in [9.17, 15) is 0 Å². The Labute approximate surface area is 112 Å². The van der Waals surface area contributed by atoms with E-state index in [1.165, 1.54) is 0 Å². The lowest BCUT2D eigenvalue weighted by molar-refractivity contribution is 0.653. The number of hydrogen-bond acceptors (Lipinski definition) is 5. The van der Waals surface area contributed by atoms with E-state index < -0.39 is 0 Å². The Morgan fingerprint density at radius 2 is 2.06 bits per heavy atom. The minimum Gasteiger partial charge on any atom is -0.397 e. The van der Waals surface area contributed by atoms with Gasteiger partial charge in [0.2, 0.25) is 0 Å². The fraction of sp³-hybridized carbons (Fsp3) is 0.308. The first-order chi connectivity index (χ1) is 9.25. The number of nitrogens with two attached hydrogens (primary N) is 1. The van der Waals surface area contributed by atoms with Crippen molar-refractivity contribution >= 4 is 27.8 Å². The number of anilines is 3. The number of thiazole rings is 1. The fourth-order valence-corrected chi connectivity index (χ4v) is 2.80. The van der Waals surface area contributed by atoms with E-state index in [0.29, 0.717) is 6.54 Å². The summed E-state index contributed by atoms with van der Waals surface area (Å²) in [5, 5.41) is 2.97. The van der Waals surface area contributed by atoms with Gasteiger partial charge in [-0.2, -0.15) is 0 Å². The van der Waals surface area contributed by atoms with Crippen molar-refractivity contribution in [2.75, 3.05) is 41.7 Å². The molecule has 0 bridgehead atoms. The Balaban J connectivity index is 1.77. The largest absolute Gasteiger partial charge is 0.397 e. The van der Waals surface area contributed by atoms with E-state index in [1.807, 2.05) is 29.6 Å². The van der Waals surface area contributed by atoms with Crippen LogP contribution in [-0.4, -0.2) is 31.1 Å². The van der Waals surface area contributed by atoms with Crippen LogP contribution in [-0.2, 0) is 0 Å². The molecule has 1 aromatic heterocycles. The van der Waals surface area contributed by atoms with E-state index in [2.05, 4.69) is 14.8 Å². The van der Waals surface area contributed by atoms with Gasteiger partial charge in [0.15, 0.2) is 5.13 Å². The van der Waals surface area contributed by atoms with Crippen LogP contribution in [0, 0.1) is 0 Å². The molecule has 1 saturated heterocycles. The van der Waals surface area contributed by atoms with Crippen LogP contribution in [0.2, 0.25) is 0 Å². The second-order valence-electron chi connectivity index (χ2n) is 4.20. The third kappa shape index (κ3) is 2.13. The van der Waals surface area contributed by atoms with Crippen LogP contribution in [0.3, 0.4) is 0 Å². The second-order valence-corrected chi connectivity index (χ2v) is 5.07. The number of benzene rings is 1. The first-order valence-corrected chi connectivity index (χ1v) is 6.81. The van der Waals surface area contributed by atoms with E-state index in [4.69, 9.17) is 7.10 Å². The highest BCUT2D eigenvalue weighted by Gasteiger charge is 2.19. The van der Waals surface area contributed by atoms with Crippen LogP contribution in [0.1, 0.15) is 1.37 Å². The molecule has 1 aliphatic heterocycles. The molecule has 1 aromatic carbocycles. The Hall–Kier alpha value is -1.75. The van der Waals surface area contributed by atoms with Gasteiger partial charge in [0.25, 0.3) is 0 Å². The third-order valence-corrected chi connectivity index (χ3v) is 3.90. The van der Waals surface area contributed by atoms with Gasteiger partial charge < -0.3 is 15.5 Å². The van der Waals surface area contributed by atoms with Crippen molar-refractivity contribution < 1.29 is 1.37 Å². The number of hydrogen-bond donors (Lipinski definition) is 1. The molecule has 0 saturated carbocycles. The summed E-state index contributed by atoms with van der Waals surface area (Å²) in [7, 11) is 0. The molecule has 0 amide bonds. The van der Waals surface area contributed by atoms with Gasteiger partial charge in [-0.1, -0.05) is 12.1 Å². The van der Waals surface area contributed by atoms with Crippen LogP contribution in [0.25, 0.3) is 0 Å². The molecule has 1 unspecified atom stereocenters. The van der Waals surface area contributed by atoms with E-state index in [-0.39, 0.29) is 6.52 Å². The van der Waals surface area contributed by atoms with Crippen LogP contribution >= 0.6 is 11.3 Å². The zero-order chi connectivity index (χ0) is 13.2. The molecule has 5 heteroatoms. The van der Waals surface area contributed by atoms with Crippen molar-refractivity contribution in [2.24, 2.45) is 0 Å². The zero-order valence-electron chi connectivity index (χ0n) is 11.0. The Morgan fingerprint density at radius 3 is 2.78 bits per heavy atom. The van der Waals surface area contributed by atoms with Gasteiger partial charge in [0.1, 0.15) is 0 Å². The highest BCUT2D eigenvalue weighted by atomic mass is 32.1. The highest BCUT2D eigenvalue weighted by molar-refractivity contribution is 7.13. The molecule has 2 heterocycles. The molecule has 3 rings (SSSR count). The SMILES string of the molecule is [3H]C1CN(c2nccs2)CCN1c1ccccc1N. The number of rotatable bonds is 2. The second kappa shape index (κ2) is 4.86. The van der Waals surface area contributed by atoms with Crippen molar-refractivity contribution in [2.45, 2.75) is 0 Å². The predicted octanol–water partition coefficient (Wildman–Crippen LogP) is 2.05. The van der Waals surface area contributed by atoms with Crippen LogP contribution in [0.4, 0.5) is 16.5 Å². The smallest absolute Gasteiger partial charge is 0.185 e. The molecule has 18 heavy (non-hydrogen) atoms. The molecular weight excluding hydrogens is 244 g/mol. The van der Waals surface area contributed by atoms with Crippen molar-refractivity contribution in [3.05, 3.63) is 35.8 Å². The first-order valence-electron chi connectivity index (χ1n) is 6.51. The maximum absolute atomic E-state index is 8.30. The molecule has 94 valence electrons. The summed E-state index contributed by atoms with van der Waals surface area (Å²) < 4.78 is 8.30. The summed E-state index contributed by atoms with van der Waals surface area (Å²) in [5.74, 6) is 0. The Kier molecular flexibility index (Phi) is 2.75. The van der Waals surface area contributed by atoms with Gasteiger partial charge in [-0.15, -0.1) is 11.3 Å². The molecule has 0 aliphatic carbocycles. The average Bonchev–Trinajstić information content (AvgIpc) is 2.94. The van der Waals surface area contributed by atoms with Gasteiger partial charge in [-0.05, 0) is 12.1 Å². The minimum atomic E-state index is -0.317. The first kappa shape index (κ1) is 10.2. The van der Waals surface area contributed by atoms with Gasteiger partial charge in [0.05, 0.1) is 12.7 Å². The Bertz CT molecular complexity index is 545. The van der Waals surface area contributed by atoms with E-state index >= 15 is 0 Å². The number of aromatic nitrogens is 1. The number of nitrogens with zero attached hydrogens (tertiary/aromatic N) is 3. The predicted molar refractivity (Wildman–Crippen MR) is 77.4 cm³/mol. The minimum absolute atomic E-state index is 0.317. The summed E-state index contributed by atoms with van der Waals surface area (Å²) in [4.78, 5) is 8.53. The summed E-state index contributed by atoms with van der Waals surface area (Å²) >= 11 is 1.62. The average molecular weight is 262 g/mol. The molecule has 2 aromatic rings. The molecule has 0 spiro atoms. The number of nitrogen functional groups attached to an aromatic ring is 1. The fourth-order valence-electron chi connectivity index (χ4n) is 2.12. The number of para-hydroxylation sites is 2. The van der Waals surface area contributed by atoms with Gasteiger partial charge >= 0.3 is 0 Å². The van der Waals surface area contributed by atoms with Crippen molar-refractivity contribution in [3.8, 4) is 0 Å². The van der Waals surface area contributed by atoms with E-state index in [1.54, 1.807) is 17.5 Å². The molecular formula is C13H16N4S. The lowest BCUT2D eigenvalue weighted by Crippen LogP contribution is -2.46. The standard InChI is InChI=1S/C13H16N4S/c14-11-3-1-2-4-12(11)16-6-8-17(9-7-16)13-15-5-10-18-13/h1-5,10H,6-9,14H2/i6T. The summed E-state index contributed by atoms with van der Waals surface area (Å²) in [6.07, 6.45) is 1.81.